The first-order chi connectivity index (χ1) is 8.58. The van der Waals surface area contributed by atoms with Gasteiger partial charge in [0.1, 0.15) is 11.6 Å². The number of phenols is 1. The Balaban J connectivity index is 2.05. The number of benzene rings is 1. The Morgan fingerprint density at radius 3 is 3.00 bits per heavy atom. The Morgan fingerprint density at radius 1 is 1.61 bits per heavy atom. The van der Waals surface area contributed by atoms with Crippen molar-refractivity contribution < 1.29 is 14.3 Å². The van der Waals surface area contributed by atoms with E-state index in [1.165, 1.54) is 17.0 Å². The molecule has 0 aliphatic carbocycles. The zero-order valence-electron chi connectivity index (χ0n) is 10.1. The molecule has 98 valence electrons. The van der Waals surface area contributed by atoms with Gasteiger partial charge in [0.15, 0.2) is 0 Å². The molecule has 1 amide bonds. The number of halogens is 1. The van der Waals surface area contributed by atoms with Gasteiger partial charge in [-0.3, -0.25) is 15.6 Å². The first-order valence-electron chi connectivity index (χ1n) is 5.80. The average molecular weight is 253 g/mol. The number of nitrogens with one attached hydrogen (secondary N) is 2. The molecule has 0 aromatic heterocycles. The van der Waals surface area contributed by atoms with E-state index in [2.05, 4.69) is 10.9 Å². The van der Waals surface area contributed by atoms with Crippen LogP contribution in [0.25, 0.3) is 0 Å². The topological polar surface area (TPSA) is 64.6 Å². The van der Waals surface area contributed by atoms with Crippen molar-refractivity contribution in [2.75, 3.05) is 20.1 Å². The Bertz CT molecular complexity index is 447. The van der Waals surface area contributed by atoms with Crippen LogP contribution in [0.5, 0.6) is 5.75 Å². The summed E-state index contributed by atoms with van der Waals surface area (Å²) in [7, 11) is 1.63. The maximum absolute atomic E-state index is 13.5. The van der Waals surface area contributed by atoms with Crippen LogP contribution in [0, 0.1) is 5.82 Å². The van der Waals surface area contributed by atoms with Gasteiger partial charge in [-0.2, -0.15) is 0 Å². The molecule has 1 aliphatic rings. The average Bonchev–Trinajstić information content (AvgIpc) is 2.81. The summed E-state index contributed by atoms with van der Waals surface area (Å²) in [6, 6.07) is 3.72. The van der Waals surface area contributed by atoms with Crippen molar-refractivity contribution in [2.24, 2.45) is 0 Å². The summed E-state index contributed by atoms with van der Waals surface area (Å²) in [6.07, 6.45) is 0.926. The highest BCUT2D eigenvalue weighted by Gasteiger charge is 2.21. The van der Waals surface area contributed by atoms with Gasteiger partial charge < -0.3 is 10.0 Å². The van der Waals surface area contributed by atoms with Crippen LogP contribution >= 0.6 is 0 Å². The van der Waals surface area contributed by atoms with E-state index in [1.54, 1.807) is 7.05 Å². The number of carbonyl (C=O) groups excluding carboxylic acids is 1. The molecular formula is C12H16FN3O2. The van der Waals surface area contributed by atoms with Crippen molar-refractivity contribution in [3.8, 4) is 5.75 Å². The zero-order chi connectivity index (χ0) is 13.1. The van der Waals surface area contributed by atoms with Crippen LogP contribution in [-0.4, -0.2) is 42.1 Å². The minimum atomic E-state index is -0.704. The second-order valence-corrected chi connectivity index (χ2v) is 4.41. The van der Waals surface area contributed by atoms with E-state index < -0.39 is 5.82 Å². The molecule has 6 heteroatoms. The third-order valence-corrected chi connectivity index (χ3v) is 2.95. The second kappa shape index (κ2) is 5.32. The van der Waals surface area contributed by atoms with Crippen molar-refractivity contribution >= 4 is 5.91 Å². The van der Waals surface area contributed by atoms with E-state index in [0.717, 1.165) is 19.0 Å². The van der Waals surface area contributed by atoms with Gasteiger partial charge in [-0.1, -0.05) is 0 Å². The minimum Gasteiger partial charge on any atom is -0.508 e. The van der Waals surface area contributed by atoms with Gasteiger partial charge in [0.25, 0.3) is 5.91 Å². The molecule has 1 heterocycles. The largest absolute Gasteiger partial charge is 0.508 e. The van der Waals surface area contributed by atoms with Gasteiger partial charge in [-0.25, -0.2) is 4.39 Å². The van der Waals surface area contributed by atoms with Crippen LogP contribution < -0.4 is 10.9 Å². The number of hydrogen-bond donors (Lipinski definition) is 3. The predicted molar refractivity (Wildman–Crippen MR) is 64.6 cm³/mol. The number of aromatic hydroxyl groups is 1. The molecule has 18 heavy (non-hydrogen) atoms. The lowest BCUT2D eigenvalue weighted by Crippen LogP contribution is -2.41. The fourth-order valence-electron chi connectivity index (χ4n) is 1.97. The second-order valence-electron chi connectivity index (χ2n) is 4.41. The molecule has 5 nitrogen and oxygen atoms in total. The lowest BCUT2D eigenvalue weighted by molar-refractivity contribution is 0.0778. The molecule has 2 rings (SSSR count). The van der Waals surface area contributed by atoms with Gasteiger partial charge in [-0.15, -0.1) is 0 Å². The summed E-state index contributed by atoms with van der Waals surface area (Å²) in [5.41, 5.74) is 5.99. The van der Waals surface area contributed by atoms with Crippen molar-refractivity contribution in [3.63, 3.8) is 0 Å². The van der Waals surface area contributed by atoms with E-state index in [9.17, 15) is 9.18 Å². The van der Waals surface area contributed by atoms with Crippen LogP contribution in [-0.2, 0) is 0 Å². The lowest BCUT2D eigenvalue weighted by Gasteiger charge is -2.21. The van der Waals surface area contributed by atoms with Crippen molar-refractivity contribution in [2.45, 2.75) is 12.5 Å². The van der Waals surface area contributed by atoms with Crippen LogP contribution in [0.15, 0.2) is 18.2 Å². The van der Waals surface area contributed by atoms with Crippen LogP contribution in [0.1, 0.15) is 16.8 Å². The number of nitrogens with zero attached hydrogens (tertiary/aromatic N) is 1. The van der Waals surface area contributed by atoms with Crippen LogP contribution in [0.2, 0.25) is 0 Å². The maximum atomic E-state index is 13.5. The number of rotatable bonds is 3. The molecule has 0 radical (unpaired) electrons. The monoisotopic (exact) mass is 253 g/mol. The normalized spacial score (nSPS) is 18.9. The van der Waals surface area contributed by atoms with Gasteiger partial charge in [0, 0.05) is 32.2 Å². The van der Waals surface area contributed by atoms with Crippen molar-refractivity contribution in [3.05, 3.63) is 29.6 Å². The molecule has 3 N–H and O–H groups in total. The molecular weight excluding hydrogens is 237 g/mol. The predicted octanol–water partition coefficient (Wildman–Crippen LogP) is 0.470. The number of phenolic OH excluding ortho intramolecular Hbond substituents is 1. The number of carbonyl (C=O) groups is 1. The van der Waals surface area contributed by atoms with Crippen molar-refractivity contribution in [1.29, 1.82) is 0 Å². The summed E-state index contributed by atoms with van der Waals surface area (Å²) >= 11 is 0. The third kappa shape index (κ3) is 2.77. The van der Waals surface area contributed by atoms with Gasteiger partial charge in [-0.05, 0) is 18.6 Å². The number of hydrogen-bond acceptors (Lipinski definition) is 4. The number of hydrazine groups is 1. The smallest absolute Gasteiger partial charge is 0.256 e. The Morgan fingerprint density at radius 2 is 2.39 bits per heavy atom. The van der Waals surface area contributed by atoms with Crippen LogP contribution in [0.3, 0.4) is 0 Å². The molecule has 1 unspecified atom stereocenters. The summed E-state index contributed by atoms with van der Waals surface area (Å²) < 4.78 is 13.5. The quantitative estimate of drug-likeness (QED) is 0.732. The minimum absolute atomic E-state index is 0.0266. The number of likely N-dealkylation sites (N-methyl/N-ethyl adjacent to an activating group) is 1. The fraction of sp³-hybridized carbons (Fsp3) is 0.417. The first-order valence-corrected chi connectivity index (χ1v) is 5.80. The molecule has 1 atom stereocenters. The van der Waals surface area contributed by atoms with Gasteiger partial charge in [0.2, 0.25) is 0 Å². The van der Waals surface area contributed by atoms with Gasteiger partial charge in [0.05, 0.1) is 5.56 Å². The van der Waals surface area contributed by atoms with E-state index in [4.69, 9.17) is 5.11 Å². The SMILES string of the molecule is CN(CC1CCNN1)C(=O)c1ccc(O)cc1F. The highest BCUT2D eigenvalue weighted by molar-refractivity contribution is 5.94. The van der Waals surface area contributed by atoms with Crippen molar-refractivity contribution in [1.82, 2.24) is 15.8 Å². The maximum Gasteiger partial charge on any atom is 0.256 e. The summed E-state index contributed by atoms with van der Waals surface area (Å²) in [4.78, 5) is 13.5. The zero-order valence-corrected chi connectivity index (χ0v) is 10.1. The molecule has 0 spiro atoms. The third-order valence-electron chi connectivity index (χ3n) is 2.95. The first kappa shape index (κ1) is 12.8. The fourth-order valence-corrected chi connectivity index (χ4v) is 1.97. The number of amides is 1. The molecule has 1 aromatic carbocycles. The molecule has 1 fully saturated rings. The summed E-state index contributed by atoms with van der Waals surface area (Å²) in [5.74, 6) is -1.28. The molecule has 1 saturated heterocycles. The Kier molecular flexibility index (Phi) is 3.78. The molecule has 0 saturated carbocycles. The Hall–Kier alpha value is -1.66. The summed E-state index contributed by atoms with van der Waals surface area (Å²) in [6.45, 7) is 1.37. The highest BCUT2D eigenvalue weighted by atomic mass is 19.1. The highest BCUT2D eigenvalue weighted by Crippen LogP contribution is 2.16. The standard InChI is InChI=1S/C12H16FN3O2/c1-16(7-8-4-5-14-15-8)12(18)10-3-2-9(17)6-11(10)13/h2-3,6,8,14-15,17H,4-5,7H2,1H3. The summed E-state index contributed by atoms with van der Waals surface area (Å²) in [5, 5.41) is 9.10. The molecule has 1 aliphatic heterocycles. The van der Waals surface area contributed by atoms with E-state index in [-0.39, 0.29) is 23.3 Å². The van der Waals surface area contributed by atoms with Gasteiger partial charge >= 0.3 is 0 Å². The van der Waals surface area contributed by atoms with Crippen LogP contribution in [0.4, 0.5) is 4.39 Å². The Labute approximate surface area is 105 Å². The van der Waals surface area contributed by atoms with E-state index >= 15 is 0 Å². The molecule has 1 aromatic rings. The van der Waals surface area contributed by atoms with E-state index in [0.29, 0.717) is 6.54 Å². The molecule has 0 bridgehead atoms. The van der Waals surface area contributed by atoms with E-state index in [1.807, 2.05) is 0 Å². The lowest BCUT2D eigenvalue weighted by atomic mass is 10.1.